The first-order valence-corrected chi connectivity index (χ1v) is 4.15. The zero-order chi connectivity index (χ0) is 8.55. The smallest absolute Gasteiger partial charge is 0.113 e. The van der Waals surface area contributed by atoms with E-state index in [2.05, 4.69) is 18.7 Å². The van der Waals surface area contributed by atoms with Crippen molar-refractivity contribution in [2.45, 2.75) is 19.1 Å². The molecular weight excluding hydrogens is 148 g/mol. The van der Waals surface area contributed by atoms with Crippen LogP contribution in [0.2, 0.25) is 0 Å². The maximum absolute atomic E-state index is 5.46. The molecule has 1 heterocycles. The Morgan fingerprint density at radius 2 is 2.00 bits per heavy atom. The molecule has 0 radical (unpaired) electrons. The summed E-state index contributed by atoms with van der Waals surface area (Å²) in [6, 6.07) is 10.3. The summed E-state index contributed by atoms with van der Waals surface area (Å²) >= 11 is 0. The fourth-order valence-corrected chi connectivity index (χ4v) is 1.38. The SMILES string of the molecule is C=C(C)[C@@H]1O[C@H]1c1ccccc1. The fourth-order valence-electron chi connectivity index (χ4n) is 1.38. The summed E-state index contributed by atoms with van der Waals surface area (Å²) in [6.07, 6.45) is 0.524. The van der Waals surface area contributed by atoms with E-state index in [4.69, 9.17) is 4.74 Å². The molecule has 12 heavy (non-hydrogen) atoms. The standard InChI is InChI=1S/C11H12O/c1-8(2)10-11(12-10)9-6-4-3-5-7-9/h3-7,10-11H,1H2,2H3/t10-,11-/m0/s1. The van der Waals surface area contributed by atoms with Crippen LogP contribution in [-0.4, -0.2) is 6.10 Å². The number of hydrogen-bond donors (Lipinski definition) is 0. The Morgan fingerprint density at radius 3 is 2.50 bits per heavy atom. The summed E-state index contributed by atoms with van der Waals surface area (Å²) in [5.74, 6) is 0. The lowest BCUT2D eigenvalue weighted by Crippen LogP contribution is -1.88. The van der Waals surface area contributed by atoms with Gasteiger partial charge in [-0.05, 0) is 18.1 Å². The summed E-state index contributed by atoms with van der Waals surface area (Å²) in [4.78, 5) is 0. The van der Waals surface area contributed by atoms with Gasteiger partial charge in [-0.25, -0.2) is 0 Å². The second-order valence-corrected chi connectivity index (χ2v) is 3.23. The predicted molar refractivity (Wildman–Crippen MR) is 48.9 cm³/mol. The Kier molecular flexibility index (Phi) is 1.74. The maximum atomic E-state index is 5.46. The van der Waals surface area contributed by atoms with Crippen molar-refractivity contribution in [1.29, 1.82) is 0 Å². The molecule has 1 aromatic carbocycles. The Labute approximate surface area is 72.7 Å². The molecule has 0 N–H and O–H groups in total. The minimum absolute atomic E-state index is 0.257. The molecule has 1 aliphatic rings. The first kappa shape index (κ1) is 7.56. The van der Waals surface area contributed by atoms with E-state index < -0.39 is 0 Å². The minimum atomic E-state index is 0.257. The van der Waals surface area contributed by atoms with Crippen molar-refractivity contribution in [3.63, 3.8) is 0 Å². The second kappa shape index (κ2) is 2.76. The van der Waals surface area contributed by atoms with Gasteiger partial charge < -0.3 is 4.74 Å². The van der Waals surface area contributed by atoms with Gasteiger partial charge in [0.1, 0.15) is 12.2 Å². The van der Waals surface area contributed by atoms with Crippen LogP contribution >= 0.6 is 0 Å². The molecule has 0 saturated carbocycles. The van der Waals surface area contributed by atoms with Gasteiger partial charge in [0.15, 0.2) is 0 Å². The summed E-state index contributed by atoms with van der Waals surface area (Å²) in [5.41, 5.74) is 2.37. The average Bonchev–Trinajstić information content (AvgIpc) is 2.84. The van der Waals surface area contributed by atoms with Gasteiger partial charge in [0.25, 0.3) is 0 Å². The molecule has 0 spiro atoms. The molecule has 0 amide bonds. The van der Waals surface area contributed by atoms with Crippen LogP contribution in [0.1, 0.15) is 18.6 Å². The van der Waals surface area contributed by atoms with Gasteiger partial charge in [-0.2, -0.15) is 0 Å². The lowest BCUT2D eigenvalue weighted by atomic mass is 10.1. The number of ether oxygens (including phenoxy) is 1. The van der Waals surface area contributed by atoms with Gasteiger partial charge in [0, 0.05) is 0 Å². The predicted octanol–water partition coefficient (Wildman–Crippen LogP) is 2.70. The average molecular weight is 160 g/mol. The lowest BCUT2D eigenvalue weighted by molar-refractivity contribution is 0.389. The third kappa shape index (κ3) is 1.28. The highest BCUT2D eigenvalue weighted by atomic mass is 16.6. The molecule has 1 saturated heterocycles. The second-order valence-electron chi connectivity index (χ2n) is 3.23. The summed E-state index contributed by atoms with van der Waals surface area (Å²) in [6.45, 7) is 5.88. The highest BCUT2D eigenvalue weighted by Crippen LogP contribution is 2.41. The Morgan fingerprint density at radius 1 is 1.33 bits per heavy atom. The van der Waals surface area contributed by atoms with Crippen LogP contribution in [0.3, 0.4) is 0 Å². The Balaban J connectivity index is 2.11. The molecule has 0 aliphatic carbocycles. The number of rotatable bonds is 2. The Bertz CT molecular complexity index is 289. The highest BCUT2D eigenvalue weighted by molar-refractivity contribution is 5.26. The van der Waals surface area contributed by atoms with Crippen LogP contribution in [0.25, 0.3) is 0 Å². The molecular formula is C11H12O. The molecule has 0 bridgehead atoms. The minimum Gasteiger partial charge on any atom is -0.360 e. The molecule has 1 heteroatoms. The third-order valence-electron chi connectivity index (χ3n) is 2.11. The highest BCUT2D eigenvalue weighted by Gasteiger charge is 2.40. The molecule has 1 nitrogen and oxygen atoms in total. The van der Waals surface area contributed by atoms with Crippen LogP contribution in [0, 0.1) is 0 Å². The van der Waals surface area contributed by atoms with Gasteiger partial charge in [0.2, 0.25) is 0 Å². The lowest BCUT2D eigenvalue weighted by Gasteiger charge is -1.93. The van der Waals surface area contributed by atoms with Crippen molar-refractivity contribution in [2.75, 3.05) is 0 Å². The third-order valence-corrected chi connectivity index (χ3v) is 2.11. The molecule has 1 fully saturated rings. The zero-order valence-electron chi connectivity index (χ0n) is 7.16. The van der Waals surface area contributed by atoms with Crippen LogP contribution in [-0.2, 0) is 4.74 Å². The molecule has 0 unspecified atom stereocenters. The largest absolute Gasteiger partial charge is 0.360 e. The van der Waals surface area contributed by atoms with E-state index in [0.29, 0.717) is 0 Å². The van der Waals surface area contributed by atoms with E-state index in [0.717, 1.165) is 5.57 Å². The maximum Gasteiger partial charge on any atom is 0.113 e. The van der Waals surface area contributed by atoms with E-state index in [1.165, 1.54) is 5.56 Å². The zero-order valence-corrected chi connectivity index (χ0v) is 7.16. The summed E-state index contributed by atoms with van der Waals surface area (Å²) < 4.78 is 5.46. The topological polar surface area (TPSA) is 12.5 Å². The summed E-state index contributed by atoms with van der Waals surface area (Å²) in [5, 5.41) is 0. The molecule has 1 aromatic rings. The molecule has 62 valence electrons. The summed E-state index contributed by atoms with van der Waals surface area (Å²) in [7, 11) is 0. The molecule has 1 aliphatic heterocycles. The van der Waals surface area contributed by atoms with Crippen LogP contribution in [0.5, 0.6) is 0 Å². The molecule has 2 rings (SSSR count). The monoisotopic (exact) mass is 160 g/mol. The number of benzene rings is 1. The van der Waals surface area contributed by atoms with Crippen molar-refractivity contribution < 1.29 is 4.74 Å². The van der Waals surface area contributed by atoms with Crippen molar-refractivity contribution in [2.24, 2.45) is 0 Å². The molecule has 2 atom stereocenters. The van der Waals surface area contributed by atoms with Crippen molar-refractivity contribution >= 4 is 0 Å². The van der Waals surface area contributed by atoms with Crippen LogP contribution in [0.15, 0.2) is 42.5 Å². The number of epoxide rings is 1. The van der Waals surface area contributed by atoms with Gasteiger partial charge in [-0.3, -0.25) is 0 Å². The van der Waals surface area contributed by atoms with E-state index in [-0.39, 0.29) is 12.2 Å². The van der Waals surface area contributed by atoms with E-state index in [1.807, 2.05) is 25.1 Å². The van der Waals surface area contributed by atoms with E-state index in [9.17, 15) is 0 Å². The van der Waals surface area contributed by atoms with Crippen LogP contribution < -0.4 is 0 Å². The van der Waals surface area contributed by atoms with Gasteiger partial charge in [-0.15, -0.1) is 0 Å². The Hall–Kier alpha value is -1.08. The van der Waals surface area contributed by atoms with E-state index in [1.54, 1.807) is 0 Å². The normalized spacial score (nSPS) is 26.8. The van der Waals surface area contributed by atoms with Gasteiger partial charge in [-0.1, -0.05) is 36.9 Å². The fraction of sp³-hybridized carbons (Fsp3) is 0.273. The first-order chi connectivity index (χ1) is 5.79. The molecule has 0 aromatic heterocycles. The van der Waals surface area contributed by atoms with Gasteiger partial charge >= 0.3 is 0 Å². The van der Waals surface area contributed by atoms with Crippen molar-refractivity contribution in [3.8, 4) is 0 Å². The van der Waals surface area contributed by atoms with Crippen molar-refractivity contribution in [3.05, 3.63) is 48.0 Å². The number of hydrogen-bond acceptors (Lipinski definition) is 1. The van der Waals surface area contributed by atoms with Crippen molar-refractivity contribution in [1.82, 2.24) is 0 Å². The van der Waals surface area contributed by atoms with E-state index >= 15 is 0 Å². The van der Waals surface area contributed by atoms with Crippen LogP contribution in [0.4, 0.5) is 0 Å². The van der Waals surface area contributed by atoms with Gasteiger partial charge in [0.05, 0.1) is 0 Å². The quantitative estimate of drug-likeness (QED) is 0.478. The first-order valence-electron chi connectivity index (χ1n) is 4.15.